The van der Waals surface area contributed by atoms with Crippen LogP contribution in [0.5, 0.6) is 0 Å². The van der Waals surface area contributed by atoms with Crippen molar-refractivity contribution in [2.45, 2.75) is 100 Å². The van der Waals surface area contributed by atoms with Gasteiger partial charge in [-0.15, -0.1) is 0 Å². The Morgan fingerprint density at radius 2 is 0.789 bits per heavy atom. The molecule has 0 aromatic carbocycles. The lowest BCUT2D eigenvalue weighted by Crippen LogP contribution is -2.08. The second kappa shape index (κ2) is 10.4. The van der Waals surface area contributed by atoms with Gasteiger partial charge < -0.3 is 0 Å². The summed E-state index contributed by atoms with van der Waals surface area (Å²) in [7, 11) is 0. The third-order valence-electron chi connectivity index (χ3n) is 4.46. The van der Waals surface area contributed by atoms with Gasteiger partial charge in [0, 0.05) is 34.6 Å². The highest BCUT2D eigenvalue weighted by Gasteiger charge is 2.16. The van der Waals surface area contributed by atoms with Crippen molar-refractivity contribution >= 4 is 24.1 Å². The Balaban J connectivity index is 1.58. The minimum atomic E-state index is 0.765. The third kappa shape index (κ3) is 7.29. The molecule has 0 N–H and O–H groups in total. The van der Waals surface area contributed by atoms with Crippen LogP contribution in [0.3, 0.4) is 0 Å². The van der Waals surface area contributed by atoms with Crippen LogP contribution >= 0.6 is 24.1 Å². The lowest BCUT2D eigenvalue weighted by Gasteiger charge is -2.21. The summed E-state index contributed by atoms with van der Waals surface area (Å²) in [5.74, 6) is 0. The van der Waals surface area contributed by atoms with Gasteiger partial charge in [-0.25, -0.2) is 3.63 Å². The Morgan fingerprint density at radius 3 is 1.16 bits per heavy atom. The molecule has 0 radical (unpaired) electrons. The molecule has 0 aromatic rings. The van der Waals surface area contributed by atoms with E-state index in [2.05, 4.69) is 0 Å². The third-order valence-corrected chi connectivity index (χ3v) is 6.57. The van der Waals surface area contributed by atoms with E-state index in [4.69, 9.17) is 3.63 Å². The predicted molar refractivity (Wildman–Crippen MR) is 88.5 cm³/mol. The highest BCUT2D eigenvalue weighted by atomic mass is 32.2. The van der Waals surface area contributed by atoms with Gasteiger partial charge in [-0.1, -0.05) is 64.2 Å². The van der Waals surface area contributed by atoms with E-state index in [1.165, 1.54) is 89.9 Å². The largest absolute Gasteiger partial charge is 0.247 e. The molecule has 2 rings (SSSR count). The Hall–Kier alpha value is 0.660. The fraction of sp³-hybridized carbons (Fsp3) is 1.00. The topological polar surface area (TPSA) is 9.23 Å². The molecule has 2 aliphatic rings. The Labute approximate surface area is 128 Å². The summed E-state index contributed by atoms with van der Waals surface area (Å²) >= 11 is 3.58. The SMILES string of the molecule is C1CCCC(SOSC2CCCCCCC2)CCC1. The van der Waals surface area contributed by atoms with Gasteiger partial charge in [-0.3, -0.25) is 0 Å². The van der Waals surface area contributed by atoms with E-state index in [9.17, 15) is 0 Å². The second-order valence-corrected chi connectivity index (χ2v) is 8.46. The van der Waals surface area contributed by atoms with Gasteiger partial charge in [0.1, 0.15) is 0 Å². The van der Waals surface area contributed by atoms with Crippen LogP contribution in [0.25, 0.3) is 0 Å². The fourth-order valence-electron chi connectivity index (χ4n) is 3.16. The zero-order chi connectivity index (χ0) is 13.2. The molecule has 0 saturated heterocycles. The van der Waals surface area contributed by atoms with Crippen LogP contribution in [-0.2, 0) is 3.63 Å². The maximum Gasteiger partial charge on any atom is 0.0324 e. The van der Waals surface area contributed by atoms with E-state index in [1.54, 1.807) is 24.1 Å². The predicted octanol–water partition coefficient (Wildman–Crippen LogP) is 6.53. The molecule has 2 aliphatic carbocycles. The van der Waals surface area contributed by atoms with Gasteiger partial charge in [0.15, 0.2) is 0 Å². The molecule has 0 atom stereocenters. The highest BCUT2D eigenvalue weighted by Crippen LogP contribution is 2.34. The van der Waals surface area contributed by atoms with Crippen molar-refractivity contribution in [3.8, 4) is 0 Å². The molecule has 19 heavy (non-hydrogen) atoms. The molecule has 0 unspecified atom stereocenters. The van der Waals surface area contributed by atoms with Gasteiger partial charge in [0.2, 0.25) is 0 Å². The quantitative estimate of drug-likeness (QED) is 0.547. The van der Waals surface area contributed by atoms with E-state index >= 15 is 0 Å². The molecule has 3 heteroatoms. The Morgan fingerprint density at radius 1 is 0.474 bits per heavy atom. The van der Waals surface area contributed by atoms with Crippen molar-refractivity contribution in [3.63, 3.8) is 0 Å². The van der Waals surface area contributed by atoms with Crippen LogP contribution in [0, 0.1) is 0 Å². The summed E-state index contributed by atoms with van der Waals surface area (Å²) in [6.07, 6.45) is 19.8. The average molecular weight is 303 g/mol. The maximum absolute atomic E-state index is 5.94. The molecule has 0 heterocycles. The number of hydrogen-bond donors (Lipinski definition) is 0. The first-order chi connectivity index (χ1) is 9.45. The minimum Gasteiger partial charge on any atom is -0.247 e. The van der Waals surface area contributed by atoms with Gasteiger partial charge in [-0.05, 0) is 25.7 Å². The first-order valence-corrected chi connectivity index (χ1v) is 10.0. The van der Waals surface area contributed by atoms with Crippen molar-refractivity contribution in [1.29, 1.82) is 0 Å². The fourth-order valence-corrected chi connectivity index (χ4v) is 5.29. The van der Waals surface area contributed by atoms with Gasteiger partial charge in [-0.2, -0.15) is 0 Å². The van der Waals surface area contributed by atoms with Crippen LogP contribution in [0.4, 0.5) is 0 Å². The molecule has 112 valence electrons. The summed E-state index contributed by atoms with van der Waals surface area (Å²) in [5.41, 5.74) is 0. The minimum absolute atomic E-state index is 0.765. The van der Waals surface area contributed by atoms with E-state index in [-0.39, 0.29) is 0 Å². The van der Waals surface area contributed by atoms with E-state index in [1.807, 2.05) is 0 Å². The average Bonchev–Trinajstić information content (AvgIpc) is 2.33. The molecule has 0 amide bonds. The maximum atomic E-state index is 5.94. The van der Waals surface area contributed by atoms with Gasteiger partial charge in [0.25, 0.3) is 0 Å². The van der Waals surface area contributed by atoms with E-state index < -0.39 is 0 Å². The molecule has 2 fully saturated rings. The normalized spacial score (nSPS) is 25.3. The molecule has 1 nitrogen and oxygen atoms in total. The number of hydrogen-bond acceptors (Lipinski definition) is 3. The summed E-state index contributed by atoms with van der Waals surface area (Å²) in [5, 5.41) is 1.53. The van der Waals surface area contributed by atoms with Crippen molar-refractivity contribution < 1.29 is 3.63 Å². The standard InChI is InChI=1S/C16H30OS2/c1-3-7-11-15(12-8-4-1)18-17-19-16-13-9-5-2-6-10-14-16/h15-16H,1-14H2. The molecule has 0 aromatic heterocycles. The molecule has 2 saturated carbocycles. The van der Waals surface area contributed by atoms with E-state index in [0.717, 1.165) is 10.5 Å². The van der Waals surface area contributed by atoms with Crippen LogP contribution in [0.15, 0.2) is 0 Å². The monoisotopic (exact) mass is 302 g/mol. The van der Waals surface area contributed by atoms with Crippen LogP contribution in [0.2, 0.25) is 0 Å². The Kier molecular flexibility index (Phi) is 8.78. The first-order valence-electron chi connectivity index (χ1n) is 8.44. The molecule has 0 spiro atoms. The lowest BCUT2D eigenvalue weighted by atomic mass is 10.0. The summed E-state index contributed by atoms with van der Waals surface area (Å²) in [4.78, 5) is 0. The van der Waals surface area contributed by atoms with Gasteiger partial charge >= 0.3 is 0 Å². The van der Waals surface area contributed by atoms with Crippen molar-refractivity contribution in [3.05, 3.63) is 0 Å². The zero-order valence-corrected chi connectivity index (χ0v) is 13.9. The highest BCUT2D eigenvalue weighted by molar-refractivity contribution is 8.08. The molecule has 0 bridgehead atoms. The van der Waals surface area contributed by atoms with E-state index in [0.29, 0.717) is 0 Å². The molecular weight excluding hydrogens is 272 g/mol. The van der Waals surface area contributed by atoms with Crippen LogP contribution in [0.1, 0.15) is 89.9 Å². The van der Waals surface area contributed by atoms with Crippen molar-refractivity contribution in [1.82, 2.24) is 0 Å². The summed E-state index contributed by atoms with van der Waals surface area (Å²) in [6, 6.07) is 0. The molecule has 0 aliphatic heterocycles. The second-order valence-electron chi connectivity index (χ2n) is 6.19. The van der Waals surface area contributed by atoms with Crippen molar-refractivity contribution in [2.24, 2.45) is 0 Å². The first kappa shape index (κ1) is 16.0. The van der Waals surface area contributed by atoms with Crippen molar-refractivity contribution in [2.75, 3.05) is 0 Å². The van der Waals surface area contributed by atoms with Crippen LogP contribution in [-0.4, -0.2) is 10.5 Å². The summed E-state index contributed by atoms with van der Waals surface area (Å²) in [6.45, 7) is 0. The smallest absolute Gasteiger partial charge is 0.0324 e. The number of rotatable bonds is 4. The zero-order valence-electron chi connectivity index (χ0n) is 12.3. The van der Waals surface area contributed by atoms with Crippen LogP contribution < -0.4 is 0 Å². The van der Waals surface area contributed by atoms with Gasteiger partial charge in [0.05, 0.1) is 0 Å². The Bertz CT molecular complexity index is 185. The summed E-state index contributed by atoms with van der Waals surface area (Å²) < 4.78 is 5.94. The molecular formula is C16H30OS2. The lowest BCUT2D eigenvalue weighted by molar-refractivity contribution is 0.498.